The lowest BCUT2D eigenvalue weighted by molar-refractivity contribution is 0.233. The van der Waals surface area contributed by atoms with E-state index in [0.717, 1.165) is 23.3 Å². The highest BCUT2D eigenvalue weighted by atomic mass is 79.9. The molecule has 0 aliphatic heterocycles. The maximum Gasteiger partial charge on any atom is 0.120 e. The van der Waals surface area contributed by atoms with Crippen molar-refractivity contribution in [3.63, 3.8) is 0 Å². The van der Waals surface area contributed by atoms with E-state index in [1.807, 2.05) is 24.3 Å². The van der Waals surface area contributed by atoms with Gasteiger partial charge in [0.25, 0.3) is 0 Å². The Morgan fingerprint density at radius 2 is 2.00 bits per heavy atom. The fourth-order valence-corrected chi connectivity index (χ4v) is 2.45. The van der Waals surface area contributed by atoms with Gasteiger partial charge in [-0.15, -0.1) is 0 Å². The molecule has 0 atom stereocenters. The van der Waals surface area contributed by atoms with Crippen LogP contribution in [-0.2, 0) is 6.54 Å². The van der Waals surface area contributed by atoms with E-state index in [4.69, 9.17) is 10.00 Å². The fourth-order valence-electron chi connectivity index (χ4n) is 2.00. The molecule has 0 unspecified atom stereocenters. The van der Waals surface area contributed by atoms with Crippen LogP contribution in [0, 0.1) is 11.3 Å². The monoisotopic (exact) mass is 344 g/mol. The van der Waals surface area contributed by atoms with Crippen LogP contribution in [0.3, 0.4) is 0 Å². The molecule has 2 aromatic rings. The average Bonchev–Trinajstić information content (AvgIpc) is 2.47. The van der Waals surface area contributed by atoms with Gasteiger partial charge in [-0.1, -0.05) is 34.1 Å². The zero-order valence-electron chi connectivity index (χ0n) is 11.9. The molecule has 0 spiro atoms. The molecular formula is C17H17BrN2O. The molecule has 0 saturated carbocycles. The number of hydrogen-bond acceptors (Lipinski definition) is 3. The molecule has 21 heavy (non-hydrogen) atoms. The molecule has 3 nitrogen and oxygen atoms in total. The zero-order chi connectivity index (χ0) is 15.1. The lowest BCUT2D eigenvalue weighted by atomic mass is 10.2. The highest BCUT2D eigenvalue weighted by Crippen LogP contribution is 2.14. The van der Waals surface area contributed by atoms with Crippen molar-refractivity contribution in [3.05, 3.63) is 64.1 Å². The number of nitriles is 1. The first-order chi connectivity index (χ1) is 10.2. The second-order valence-electron chi connectivity index (χ2n) is 4.86. The third kappa shape index (κ3) is 5.22. The van der Waals surface area contributed by atoms with E-state index in [0.29, 0.717) is 12.2 Å². The summed E-state index contributed by atoms with van der Waals surface area (Å²) in [5.41, 5.74) is 1.88. The summed E-state index contributed by atoms with van der Waals surface area (Å²) in [5.74, 6) is 0.741. The van der Waals surface area contributed by atoms with Gasteiger partial charge in [0.05, 0.1) is 11.6 Å². The Kier molecular flexibility index (Phi) is 5.79. The van der Waals surface area contributed by atoms with Crippen molar-refractivity contribution in [1.29, 1.82) is 5.26 Å². The van der Waals surface area contributed by atoms with E-state index >= 15 is 0 Å². The minimum absolute atomic E-state index is 0.597. The number of hydrogen-bond donors (Lipinski definition) is 0. The standard InChI is InChI=1S/C17H17BrN2O/c1-20(13-15-5-2-6-16(18)10-15)8-9-21-17-7-3-4-14(11-17)12-19/h2-7,10-11H,8-9,13H2,1H3. The minimum Gasteiger partial charge on any atom is -0.492 e. The molecule has 2 aromatic carbocycles. The number of likely N-dealkylation sites (N-methyl/N-ethyl adjacent to an activating group) is 1. The number of benzene rings is 2. The number of halogens is 1. The molecule has 2 rings (SSSR count). The van der Waals surface area contributed by atoms with Crippen molar-refractivity contribution in [2.75, 3.05) is 20.2 Å². The Hall–Kier alpha value is -1.83. The molecule has 0 saturated heterocycles. The Morgan fingerprint density at radius 3 is 2.76 bits per heavy atom. The van der Waals surface area contributed by atoms with Gasteiger partial charge >= 0.3 is 0 Å². The largest absolute Gasteiger partial charge is 0.492 e. The molecule has 4 heteroatoms. The molecule has 0 N–H and O–H groups in total. The third-order valence-electron chi connectivity index (χ3n) is 3.05. The minimum atomic E-state index is 0.597. The summed E-state index contributed by atoms with van der Waals surface area (Å²) >= 11 is 3.48. The van der Waals surface area contributed by atoms with E-state index < -0.39 is 0 Å². The fraction of sp³-hybridized carbons (Fsp3) is 0.235. The maximum absolute atomic E-state index is 8.84. The molecular weight excluding hydrogens is 328 g/mol. The summed E-state index contributed by atoms with van der Waals surface area (Å²) in [6.07, 6.45) is 0. The van der Waals surface area contributed by atoms with E-state index in [1.54, 1.807) is 12.1 Å². The molecule has 0 radical (unpaired) electrons. The first-order valence-corrected chi connectivity index (χ1v) is 7.52. The molecule has 0 aromatic heterocycles. The molecule has 0 aliphatic rings. The van der Waals surface area contributed by atoms with Gasteiger partial charge in [0.15, 0.2) is 0 Å². The first-order valence-electron chi connectivity index (χ1n) is 6.73. The summed E-state index contributed by atoms with van der Waals surface area (Å²) in [6, 6.07) is 17.6. The SMILES string of the molecule is CN(CCOc1cccc(C#N)c1)Cc1cccc(Br)c1. The number of ether oxygens (including phenoxy) is 1. The highest BCUT2D eigenvalue weighted by Gasteiger charge is 2.02. The molecule has 0 bridgehead atoms. The normalized spacial score (nSPS) is 10.4. The first kappa shape index (κ1) is 15.6. The van der Waals surface area contributed by atoms with E-state index in [-0.39, 0.29) is 0 Å². The van der Waals surface area contributed by atoms with Crippen molar-refractivity contribution < 1.29 is 4.74 Å². The molecule has 0 heterocycles. The smallest absolute Gasteiger partial charge is 0.120 e. The predicted octanol–water partition coefficient (Wildman–Crippen LogP) is 3.83. The van der Waals surface area contributed by atoms with Crippen LogP contribution in [0.15, 0.2) is 53.0 Å². The summed E-state index contributed by atoms with van der Waals surface area (Å²) < 4.78 is 6.77. The second-order valence-corrected chi connectivity index (χ2v) is 5.77. The van der Waals surface area contributed by atoms with Crippen LogP contribution in [0.25, 0.3) is 0 Å². The average molecular weight is 345 g/mol. The van der Waals surface area contributed by atoms with Crippen molar-refractivity contribution in [2.45, 2.75) is 6.54 Å². The van der Waals surface area contributed by atoms with Crippen molar-refractivity contribution in [3.8, 4) is 11.8 Å². The van der Waals surface area contributed by atoms with Crippen LogP contribution < -0.4 is 4.74 Å². The Balaban J connectivity index is 1.79. The summed E-state index contributed by atoms with van der Waals surface area (Å²) in [5, 5.41) is 8.84. The van der Waals surface area contributed by atoms with Gasteiger partial charge in [-0.2, -0.15) is 5.26 Å². The Labute approximate surface area is 133 Å². The third-order valence-corrected chi connectivity index (χ3v) is 3.54. The Morgan fingerprint density at radius 1 is 1.19 bits per heavy atom. The van der Waals surface area contributed by atoms with Gasteiger partial charge in [0, 0.05) is 17.6 Å². The van der Waals surface area contributed by atoms with Crippen LogP contribution >= 0.6 is 15.9 Å². The summed E-state index contributed by atoms with van der Waals surface area (Å²) in [7, 11) is 2.07. The molecule has 0 amide bonds. The lowest BCUT2D eigenvalue weighted by Crippen LogP contribution is -2.23. The van der Waals surface area contributed by atoms with E-state index in [1.165, 1.54) is 5.56 Å². The zero-order valence-corrected chi connectivity index (χ0v) is 13.5. The molecule has 108 valence electrons. The maximum atomic E-state index is 8.84. The quantitative estimate of drug-likeness (QED) is 0.798. The van der Waals surface area contributed by atoms with Gasteiger partial charge < -0.3 is 4.74 Å². The highest BCUT2D eigenvalue weighted by molar-refractivity contribution is 9.10. The summed E-state index contributed by atoms with van der Waals surface area (Å²) in [6.45, 7) is 2.30. The van der Waals surface area contributed by atoms with Crippen LogP contribution in [0.5, 0.6) is 5.75 Å². The van der Waals surface area contributed by atoms with Crippen molar-refractivity contribution >= 4 is 15.9 Å². The number of nitrogens with zero attached hydrogens (tertiary/aromatic N) is 2. The lowest BCUT2D eigenvalue weighted by Gasteiger charge is -2.17. The van der Waals surface area contributed by atoms with Gasteiger partial charge in [-0.05, 0) is 42.9 Å². The van der Waals surface area contributed by atoms with E-state index in [9.17, 15) is 0 Å². The number of rotatable bonds is 6. The van der Waals surface area contributed by atoms with Gasteiger partial charge in [0.1, 0.15) is 12.4 Å². The van der Waals surface area contributed by atoms with Gasteiger partial charge in [0.2, 0.25) is 0 Å². The van der Waals surface area contributed by atoms with Crippen molar-refractivity contribution in [2.24, 2.45) is 0 Å². The molecule has 0 aliphatic carbocycles. The second kappa shape index (κ2) is 7.82. The topological polar surface area (TPSA) is 36.3 Å². The Bertz CT molecular complexity index is 637. The van der Waals surface area contributed by atoms with Gasteiger partial charge in [-0.3, -0.25) is 4.90 Å². The van der Waals surface area contributed by atoms with Gasteiger partial charge in [-0.25, -0.2) is 0 Å². The van der Waals surface area contributed by atoms with Crippen LogP contribution in [0.4, 0.5) is 0 Å². The summed E-state index contributed by atoms with van der Waals surface area (Å²) in [4.78, 5) is 2.20. The van der Waals surface area contributed by atoms with Crippen LogP contribution in [0.1, 0.15) is 11.1 Å². The predicted molar refractivity (Wildman–Crippen MR) is 87.1 cm³/mol. The van der Waals surface area contributed by atoms with Crippen LogP contribution in [0.2, 0.25) is 0 Å². The van der Waals surface area contributed by atoms with E-state index in [2.05, 4.69) is 46.1 Å². The van der Waals surface area contributed by atoms with Crippen LogP contribution in [-0.4, -0.2) is 25.1 Å². The van der Waals surface area contributed by atoms with Crippen molar-refractivity contribution in [1.82, 2.24) is 4.90 Å². The molecule has 0 fully saturated rings.